The average molecular weight is 152 g/mol. The Kier molecular flexibility index (Phi) is 1.35. The van der Waals surface area contributed by atoms with Gasteiger partial charge in [-0.25, -0.2) is 0 Å². The summed E-state index contributed by atoms with van der Waals surface area (Å²) in [5.41, 5.74) is 6.28. The van der Waals surface area contributed by atoms with Crippen LogP contribution in [0.15, 0.2) is 12.4 Å². The molecule has 2 N–H and O–H groups in total. The lowest BCUT2D eigenvalue weighted by atomic mass is 10.1. The smallest absolute Gasteiger partial charge is 0.0773 e. The molecule has 0 radical (unpaired) electrons. The first-order chi connectivity index (χ1) is 5.25. The van der Waals surface area contributed by atoms with E-state index in [0.717, 1.165) is 18.8 Å². The maximum atomic E-state index is 5.53. The Labute approximate surface area is 65.6 Å². The molecule has 60 valence electrons. The third kappa shape index (κ3) is 1.09. The van der Waals surface area contributed by atoms with Gasteiger partial charge in [0.2, 0.25) is 0 Å². The molecule has 2 rings (SSSR count). The number of nitrogens with zero attached hydrogens (tertiary/aromatic N) is 3. The van der Waals surface area contributed by atoms with Crippen molar-refractivity contribution in [1.82, 2.24) is 14.7 Å². The van der Waals surface area contributed by atoms with Crippen LogP contribution in [0.5, 0.6) is 0 Å². The van der Waals surface area contributed by atoms with Crippen LogP contribution in [0.3, 0.4) is 0 Å². The highest BCUT2D eigenvalue weighted by molar-refractivity contribution is 5.30. The summed E-state index contributed by atoms with van der Waals surface area (Å²) >= 11 is 0. The topological polar surface area (TPSA) is 47.1 Å². The molecule has 0 unspecified atom stereocenters. The maximum Gasteiger partial charge on any atom is 0.0773 e. The molecule has 0 aliphatic carbocycles. The van der Waals surface area contributed by atoms with Crippen molar-refractivity contribution in [2.75, 3.05) is 25.9 Å². The van der Waals surface area contributed by atoms with E-state index in [0.29, 0.717) is 6.04 Å². The molecule has 11 heavy (non-hydrogen) atoms. The maximum absolute atomic E-state index is 5.53. The van der Waals surface area contributed by atoms with Crippen molar-refractivity contribution in [3.8, 4) is 0 Å². The van der Waals surface area contributed by atoms with Crippen molar-refractivity contribution in [3.63, 3.8) is 0 Å². The molecule has 0 atom stereocenters. The monoisotopic (exact) mass is 152 g/mol. The van der Waals surface area contributed by atoms with Gasteiger partial charge in [0.05, 0.1) is 17.9 Å². The van der Waals surface area contributed by atoms with Crippen LogP contribution in [0, 0.1) is 0 Å². The minimum atomic E-state index is 0.539. The van der Waals surface area contributed by atoms with Crippen LogP contribution >= 0.6 is 0 Å². The van der Waals surface area contributed by atoms with Crippen LogP contribution in [0.2, 0.25) is 0 Å². The number of hydrogen-bond acceptors (Lipinski definition) is 3. The first-order valence-corrected chi connectivity index (χ1v) is 3.74. The minimum Gasteiger partial charge on any atom is -0.396 e. The van der Waals surface area contributed by atoms with Crippen molar-refractivity contribution < 1.29 is 0 Å². The van der Waals surface area contributed by atoms with Crippen molar-refractivity contribution in [3.05, 3.63) is 12.4 Å². The molecule has 0 amide bonds. The third-order valence-corrected chi connectivity index (χ3v) is 2.04. The van der Waals surface area contributed by atoms with Gasteiger partial charge in [0.1, 0.15) is 0 Å². The van der Waals surface area contributed by atoms with Crippen molar-refractivity contribution in [1.29, 1.82) is 0 Å². The Balaban J connectivity index is 2.07. The predicted octanol–water partition coefficient (Wildman–Crippen LogP) is -0.0482. The van der Waals surface area contributed by atoms with Gasteiger partial charge in [0.15, 0.2) is 0 Å². The second-order valence-corrected chi connectivity index (χ2v) is 3.13. The second-order valence-electron chi connectivity index (χ2n) is 3.13. The molecule has 1 saturated heterocycles. The summed E-state index contributed by atoms with van der Waals surface area (Å²) in [6.45, 7) is 2.17. The molecule has 1 aliphatic heterocycles. The lowest BCUT2D eigenvalue weighted by Gasteiger charge is -2.35. The molecule has 0 aromatic carbocycles. The Hall–Kier alpha value is -1.03. The van der Waals surface area contributed by atoms with Crippen LogP contribution in [-0.2, 0) is 0 Å². The van der Waals surface area contributed by atoms with E-state index in [1.807, 2.05) is 10.9 Å². The standard InChI is InChI=1S/C7H12N4/c1-10-4-7(5-10)11-3-6(8)2-9-11/h2-3,7H,4-5,8H2,1H3. The second kappa shape index (κ2) is 2.23. The molecule has 0 saturated carbocycles. The van der Waals surface area contributed by atoms with Crippen molar-refractivity contribution in [2.24, 2.45) is 0 Å². The lowest BCUT2D eigenvalue weighted by Crippen LogP contribution is -2.45. The number of hydrogen-bond donors (Lipinski definition) is 1. The quantitative estimate of drug-likeness (QED) is 0.614. The lowest BCUT2D eigenvalue weighted by molar-refractivity contribution is 0.130. The van der Waals surface area contributed by atoms with E-state index < -0.39 is 0 Å². The van der Waals surface area contributed by atoms with Crippen LogP contribution in [0.25, 0.3) is 0 Å². The molecule has 1 aliphatic rings. The fourth-order valence-electron chi connectivity index (χ4n) is 1.39. The number of nitrogens with two attached hydrogens (primary N) is 1. The van der Waals surface area contributed by atoms with Gasteiger partial charge in [-0.2, -0.15) is 5.10 Å². The highest BCUT2D eigenvalue weighted by Crippen LogP contribution is 2.18. The SMILES string of the molecule is CN1CC(n2cc(N)cn2)C1. The van der Waals surface area contributed by atoms with Gasteiger partial charge in [-0.1, -0.05) is 0 Å². The average Bonchev–Trinajstić information content (AvgIpc) is 2.29. The van der Waals surface area contributed by atoms with E-state index in [-0.39, 0.29) is 0 Å². The van der Waals surface area contributed by atoms with Gasteiger partial charge in [0, 0.05) is 19.3 Å². The van der Waals surface area contributed by atoms with E-state index in [2.05, 4.69) is 17.0 Å². The first kappa shape index (κ1) is 6.67. The number of nitrogen functional groups attached to an aromatic ring is 1. The molecule has 4 heteroatoms. The number of likely N-dealkylation sites (N-methyl/N-ethyl adjacent to an activating group) is 1. The van der Waals surface area contributed by atoms with Crippen LogP contribution in [0.4, 0.5) is 5.69 Å². The largest absolute Gasteiger partial charge is 0.396 e. The molecule has 0 bridgehead atoms. The molecular weight excluding hydrogens is 140 g/mol. The van der Waals surface area contributed by atoms with Gasteiger partial charge in [-0.3, -0.25) is 4.68 Å². The van der Waals surface area contributed by atoms with Gasteiger partial charge in [0.25, 0.3) is 0 Å². The van der Waals surface area contributed by atoms with E-state index >= 15 is 0 Å². The Bertz CT molecular complexity index is 249. The van der Waals surface area contributed by atoms with Crippen molar-refractivity contribution >= 4 is 5.69 Å². The fourth-order valence-corrected chi connectivity index (χ4v) is 1.39. The molecule has 4 nitrogen and oxygen atoms in total. The molecular formula is C7H12N4. The minimum absolute atomic E-state index is 0.539. The number of likely N-dealkylation sites (tertiary alicyclic amines) is 1. The summed E-state index contributed by atoms with van der Waals surface area (Å²) in [6.07, 6.45) is 3.58. The predicted molar refractivity (Wildman–Crippen MR) is 43.2 cm³/mol. The Morgan fingerprint density at radius 3 is 2.82 bits per heavy atom. The summed E-state index contributed by atoms with van der Waals surface area (Å²) in [7, 11) is 2.10. The molecule has 2 heterocycles. The van der Waals surface area contributed by atoms with Crippen LogP contribution in [-0.4, -0.2) is 34.8 Å². The first-order valence-electron chi connectivity index (χ1n) is 3.74. The Morgan fingerprint density at radius 1 is 1.64 bits per heavy atom. The van der Waals surface area contributed by atoms with E-state index in [1.54, 1.807) is 6.20 Å². The highest BCUT2D eigenvalue weighted by atomic mass is 15.4. The molecule has 1 aromatic heterocycles. The zero-order valence-corrected chi connectivity index (χ0v) is 6.57. The van der Waals surface area contributed by atoms with Crippen LogP contribution in [0.1, 0.15) is 6.04 Å². The van der Waals surface area contributed by atoms with Gasteiger partial charge in [-0.15, -0.1) is 0 Å². The van der Waals surface area contributed by atoms with Gasteiger partial charge < -0.3 is 10.6 Å². The van der Waals surface area contributed by atoms with E-state index in [9.17, 15) is 0 Å². The summed E-state index contributed by atoms with van der Waals surface area (Å²) in [5.74, 6) is 0. The summed E-state index contributed by atoms with van der Waals surface area (Å²) < 4.78 is 1.94. The number of anilines is 1. The summed E-state index contributed by atoms with van der Waals surface area (Å²) in [4.78, 5) is 2.25. The normalized spacial score (nSPS) is 20.1. The van der Waals surface area contributed by atoms with E-state index in [4.69, 9.17) is 5.73 Å². The molecule has 0 spiro atoms. The zero-order chi connectivity index (χ0) is 7.84. The summed E-state index contributed by atoms with van der Waals surface area (Å²) in [6, 6.07) is 0.539. The highest BCUT2D eigenvalue weighted by Gasteiger charge is 2.24. The third-order valence-electron chi connectivity index (χ3n) is 2.04. The Morgan fingerprint density at radius 2 is 2.36 bits per heavy atom. The van der Waals surface area contributed by atoms with E-state index in [1.165, 1.54) is 0 Å². The van der Waals surface area contributed by atoms with Crippen LogP contribution < -0.4 is 5.73 Å². The van der Waals surface area contributed by atoms with Crippen molar-refractivity contribution in [2.45, 2.75) is 6.04 Å². The molecule has 1 fully saturated rings. The zero-order valence-electron chi connectivity index (χ0n) is 6.57. The number of rotatable bonds is 1. The molecule has 1 aromatic rings. The van der Waals surface area contributed by atoms with Gasteiger partial charge >= 0.3 is 0 Å². The van der Waals surface area contributed by atoms with Gasteiger partial charge in [-0.05, 0) is 7.05 Å². The number of aromatic nitrogens is 2. The fraction of sp³-hybridized carbons (Fsp3) is 0.571. The summed E-state index contributed by atoms with van der Waals surface area (Å²) in [5, 5.41) is 4.14.